The predicted molar refractivity (Wildman–Crippen MR) is 60.4 cm³/mol. The van der Waals surface area contributed by atoms with Crippen LogP contribution in [0.5, 0.6) is 0 Å². The van der Waals surface area contributed by atoms with Gasteiger partial charge in [-0.3, -0.25) is 0 Å². The minimum Gasteiger partial charge on any atom is -0.327 e. The van der Waals surface area contributed by atoms with Gasteiger partial charge in [-0.05, 0) is 13.3 Å². The highest BCUT2D eigenvalue weighted by atomic mass is 32.2. The second kappa shape index (κ2) is 4.98. The maximum atomic E-state index is 5.93. The number of hydrogen-bond donors (Lipinski definition) is 1. The van der Waals surface area contributed by atoms with E-state index in [1.54, 1.807) is 23.1 Å². The molecule has 2 atom stereocenters. The van der Waals surface area contributed by atoms with Gasteiger partial charge in [-0.1, -0.05) is 25.6 Å². The fourth-order valence-corrected chi connectivity index (χ4v) is 3.19. The number of nitrogens with two attached hydrogens (primary N) is 1. The van der Waals surface area contributed by atoms with Crippen LogP contribution in [0.3, 0.4) is 0 Å². The minimum atomic E-state index is 0.272. The quantitative estimate of drug-likeness (QED) is 0.786. The van der Waals surface area contributed by atoms with Crippen LogP contribution in [-0.2, 0) is 0 Å². The first-order valence-electron chi connectivity index (χ1n) is 4.47. The van der Waals surface area contributed by atoms with Crippen LogP contribution in [0.4, 0.5) is 0 Å². The number of thiazole rings is 1. The molecular weight excluding hydrogens is 200 g/mol. The summed E-state index contributed by atoms with van der Waals surface area (Å²) in [5.41, 5.74) is 7.03. The Morgan fingerprint density at radius 2 is 2.38 bits per heavy atom. The van der Waals surface area contributed by atoms with E-state index >= 15 is 0 Å². The number of aromatic nitrogens is 1. The largest absolute Gasteiger partial charge is 0.327 e. The standard InChI is InChI=1S/C9H16N2S2/c1-4-8(10)7(3)13-9-11-6(2)5-12-9/h5,7-8H,4,10H2,1-3H3. The molecule has 0 aliphatic rings. The highest BCUT2D eigenvalue weighted by molar-refractivity contribution is 8.01. The molecule has 1 aromatic rings. The second-order valence-electron chi connectivity index (χ2n) is 3.15. The van der Waals surface area contributed by atoms with Crippen LogP contribution in [-0.4, -0.2) is 16.3 Å². The summed E-state index contributed by atoms with van der Waals surface area (Å²) in [5, 5.41) is 2.53. The molecule has 0 saturated heterocycles. The lowest BCUT2D eigenvalue weighted by Gasteiger charge is -2.15. The van der Waals surface area contributed by atoms with Crippen molar-refractivity contribution in [3.8, 4) is 0 Å². The molecule has 4 heteroatoms. The van der Waals surface area contributed by atoms with Gasteiger partial charge in [0.25, 0.3) is 0 Å². The third-order valence-corrected chi connectivity index (χ3v) is 4.30. The first-order chi connectivity index (χ1) is 6.13. The summed E-state index contributed by atoms with van der Waals surface area (Å²) in [6.45, 7) is 6.30. The van der Waals surface area contributed by atoms with E-state index in [4.69, 9.17) is 5.73 Å². The second-order valence-corrected chi connectivity index (χ2v) is 5.63. The van der Waals surface area contributed by atoms with Crippen molar-refractivity contribution in [1.29, 1.82) is 0 Å². The first kappa shape index (κ1) is 11.0. The topological polar surface area (TPSA) is 38.9 Å². The average Bonchev–Trinajstić information content (AvgIpc) is 2.49. The van der Waals surface area contributed by atoms with Gasteiger partial charge in [0.1, 0.15) is 4.34 Å². The van der Waals surface area contributed by atoms with Crippen molar-refractivity contribution in [2.75, 3.05) is 0 Å². The number of rotatable bonds is 4. The first-order valence-corrected chi connectivity index (χ1v) is 6.23. The van der Waals surface area contributed by atoms with Gasteiger partial charge in [-0.25, -0.2) is 4.98 Å². The normalized spacial score (nSPS) is 15.7. The fraction of sp³-hybridized carbons (Fsp3) is 0.667. The summed E-state index contributed by atoms with van der Waals surface area (Å²) >= 11 is 3.48. The zero-order chi connectivity index (χ0) is 9.84. The lowest BCUT2D eigenvalue weighted by Crippen LogP contribution is -2.29. The minimum absolute atomic E-state index is 0.272. The van der Waals surface area contributed by atoms with Crippen molar-refractivity contribution in [3.63, 3.8) is 0 Å². The summed E-state index contributed by atoms with van der Waals surface area (Å²) in [6.07, 6.45) is 1.03. The van der Waals surface area contributed by atoms with Crippen LogP contribution < -0.4 is 5.73 Å². The Morgan fingerprint density at radius 1 is 1.69 bits per heavy atom. The van der Waals surface area contributed by atoms with Gasteiger partial charge in [-0.15, -0.1) is 11.3 Å². The molecule has 0 spiro atoms. The summed E-state index contributed by atoms with van der Waals surface area (Å²) in [5.74, 6) is 0. The molecule has 0 aliphatic heterocycles. The maximum Gasteiger partial charge on any atom is 0.150 e. The van der Waals surface area contributed by atoms with E-state index in [9.17, 15) is 0 Å². The smallest absolute Gasteiger partial charge is 0.150 e. The molecule has 74 valence electrons. The van der Waals surface area contributed by atoms with Gasteiger partial charge in [0, 0.05) is 22.4 Å². The Morgan fingerprint density at radius 3 is 2.85 bits per heavy atom. The molecule has 0 saturated carbocycles. The molecule has 1 aromatic heterocycles. The molecule has 1 heterocycles. The van der Waals surface area contributed by atoms with Crippen LogP contribution >= 0.6 is 23.1 Å². The van der Waals surface area contributed by atoms with Crippen molar-refractivity contribution < 1.29 is 0 Å². The fourth-order valence-electron chi connectivity index (χ4n) is 0.965. The van der Waals surface area contributed by atoms with Gasteiger partial charge < -0.3 is 5.73 Å². The van der Waals surface area contributed by atoms with Crippen molar-refractivity contribution in [3.05, 3.63) is 11.1 Å². The van der Waals surface area contributed by atoms with E-state index in [-0.39, 0.29) is 6.04 Å². The Hall–Kier alpha value is -0.0600. The van der Waals surface area contributed by atoms with Crippen molar-refractivity contribution >= 4 is 23.1 Å². The average molecular weight is 216 g/mol. The number of nitrogens with zero attached hydrogens (tertiary/aromatic N) is 1. The molecule has 2 N–H and O–H groups in total. The Kier molecular flexibility index (Phi) is 4.22. The van der Waals surface area contributed by atoms with Gasteiger partial charge in [0.15, 0.2) is 0 Å². The summed E-state index contributed by atoms with van der Waals surface area (Å²) in [6, 6.07) is 0.272. The van der Waals surface area contributed by atoms with Gasteiger partial charge >= 0.3 is 0 Å². The summed E-state index contributed by atoms with van der Waals surface area (Å²) in [4.78, 5) is 4.39. The van der Waals surface area contributed by atoms with Gasteiger partial charge in [0.2, 0.25) is 0 Å². The van der Waals surface area contributed by atoms with Crippen LogP contribution in [0.15, 0.2) is 9.72 Å². The van der Waals surface area contributed by atoms with E-state index < -0.39 is 0 Å². The maximum absolute atomic E-state index is 5.93. The van der Waals surface area contributed by atoms with Crippen LogP contribution in [0.1, 0.15) is 26.0 Å². The van der Waals surface area contributed by atoms with E-state index in [1.807, 2.05) is 6.92 Å². The van der Waals surface area contributed by atoms with Crippen molar-refractivity contribution in [2.45, 2.75) is 42.8 Å². The molecule has 2 nitrogen and oxygen atoms in total. The lowest BCUT2D eigenvalue weighted by molar-refractivity contribution is 0.642. The van der Waals surface area contributed by atoms with Crippen molar-refractivity contribution in [2.24, 2.45) is 5.73 Å². The molecule has 0 amide bonds. The molecule has 0 radical (unpaired) electrons. The number of aryl methyl sites for hydroxylation is 1. The van der Waals surface area contributed by atoms with E-state index in [0.717, 1.165) is 16.5 Å². The SMILES string of the molecule is CCC(N)C(C)Sc1nc(C)cs1. The van der Waals surface area contributed by atoms with Crippen LogP contribution in [0, 0.1) is 6.92 Å². The zero-order valence-corrected chi connectivity index (χ0v) is 9.91. The zero-order valence-electron chi connectivity index (χ0n) is 8.28. The molecule has 0 aliphatic carbocycles. The van der Waals surface area contributed by atoms with Crippen molar-refractivity contribution in [1.82, 2.24) is 4.98 Å². The predicted octanol–water partition coefficient (Wildman–Crippen LogP) is 2.67. The molecule has 1 rings (SSSR count). The summed E-state index contributed by atoms with van der Waals surface area (Å²) < 4.78 is 1.13. The highest BCUT2D eigenvalue weighted by Gasteiger charge is 2.13. The number of thioether (sulfide) groups is 1. The van der Waals surface area contributed by atoms with Crippen LogP contribution in [0.2, 0.25) is 0 Å². The molecule has 0 bridgehead atoms. The Balaban J connectivity index is 2.49. The third-order valence-electron chi connectivity index (χ3n) is 1.96. The number of hydrogen-bond acceptors (Lipinski definition) is 4. The van der Waals surface area contributed by atoms with Gasteiger partial charge in [-0.2, -0.15) is 0 Å². The van der Waals surface area contributed by atoms with Gasteiger partial charge in [0.05, 0.1) is 0 Å². The lowest BCUT2D eigenvalue weighted by atomic mass is 10.2. The highest BCUT2D eigenvalue weighted by Crippen LogP contribution is 2.28. The Labute approximate surface area is 87.9 Å². The third kappa shape index (κ3) is 3.29. The van der Waals surface area contributed by atoms with Crippen LogP contribution in [0.25, 0.3) is 0 Å². The Bertz CT molecular complexity index is 260. The van der Waals surface area contributed by atoms with E-state index in [2.05, 4.69) is 24.2 Å². The molecular formula is C9H16N2S2. The van der Waals surface area contributed by atoms with E-state index in [1.165, 1.54) is 0 Å². The summed E-state index contributed by atoms with van der Waals surface area (Å²) in [7, 11) is 0. The van der Waals surface area contributed by atoms with E-state index in [0.29, 0.717) is 5.25 Å². The molecule has 0 aromatic carbocycles. The monoisotopic (exact) mass is 216 g/mol. The molecule has 13 heavy (non-hydrogen) atoms. The molecule has 2 unspecified atom stereocenters. The molecule has 0 fully saturated rings.